The van der Waals surface area contributed by atoms with Crippen LogP contribution >= 0.6 is 0 Å². The van der Waals surface area contributed by atoms with Gasteiger partial charge in [-0.3, -0.25) is 0 Å². The number of methoxy groups -OCH3 is 1. The second kappa shape index (κ2) is 9.40. The van der Waals surface area contributed by atoms with Crippen LogP contribution < -0.4 is 0 Å². The summed E-state index contributed by atoms with van der Waals surface area (Å²) in [6.07, 6.45) is -0.187. The molecule has 0 fully saturated rings. The lowest BCUT2D eigenvalue weighted by Gasteiger charge is -2.19. The normalized spacial score (nSPS) is 13.5. The van der Waals surface area contributed by atoms with Crippen molar-refractivity contribution in [2.45, 2.75) is 33.2 Å². The van der Waals surface area contributed by atoms with Gasteiger partial charge in [-0.25, -0.2) is 0 Å². The molecule has 0 N–H and O–H groups in total. The molecule has 0 saturated carbocycles. The van der Waals surface area contributed by atoms with Gasteiger partial charge in [0.15, 0.2) is 6.29 Å². The molecule has 0 aliphatic rings. The Bertz CT molecular complexity index is 113. The third-order valence-electron chi connectivity index (χ3n) is 1.62. The number of rotatable bonds is 9. The Balaban J connectivity index is 3.57. The van der Waals surface area contributed by atoms with Crippen molar-refractivity contribution in [3.05, 3.63) is 0 Å². The maximum atomic E-state index is 5.47. The summed E-state index contributed by atoms with van der Waals surface area (Å²) >= 11 is 0. The van der Waals surface area contributed by atoms with E-state index in [9.17, 15) is 0 Å². The van der Waals surface area contributed by atoms with Gasteiger partial charge in [-0.05, 0) is 20.8 Å². The summed E-state index contributed by atoms with van der Waals surface area (Å²) in [7, 11) is 1.66. The smallest absolute Gasteiger partial charge is 0.180 e. The molecule has 0 aromatic rings. The van der Waals surface area contributed by atoms with Crippen LogP contribution in [0.4, 0.5) is 0 Å². The molecule has 86 valence electrons. The SMILES string of the molecule is CCOC(COC(C)COC)OCC. The topological polar surface area (TPSA) is 36.9 Å². The van der Waals surface area contributed by atoms with Gasteiger partial charge in [-0.2, -0.15) is 0 Å². The zero-order valence-corrected chi connectivity index (χ0v) is 9.62. The van der Waals surface area contributed by atoms with Crippen molar-refractivity contribution in [1.29, 1.82) is 0 Å². The first-order valence-electron chi connectivity index (χ1n) is 5.08. The van der Waals surface area contributed by atoms with E-state index in [0.29, 0.717) is 26.4 Å². The molecule has 1 unspecified atom stereocenters. The van der Waals surface area contributed by atoms with Crippen LogP contribution in [0.5, 0.6) is 0 Å². The highest BCUT2D eigenvalue weighted by Crippen LogP contribution is 1.99. The van der Waals surface area contributed by atoms with Crippen molar-refractivity contribution in [3.8, 4) is 0 Å². The lowest BCUT2D eigenvalue weighted by molar-refractivity contribution is -0.177. The van der Waals surface area contributed by atoms with E-state index in [-0.39, 0.29) is 12.4 Å². The molecule has 14 heavy (non-hydrogen) atoms. The lowest BCUT2D eigenvalue weighted by atomic mass is 10.4. The molecule has 0 radical (unpaired) electrons. The summed E-state index contributed by atoms with van der Waals surface area (Å²) in [6, 6.07) is 0. The minimum absolute atomic E-state index is 0.0726. The van der Waals surface area contributed by atoms with E-state index >= 15 is 0 Å². The van der Waals surface area contributed by atoms with Crippen LogP contribution in [-0.2, 0) is 18.9 Å². The monoisotopic (exact) mass is 206 g/mol. The first-order chi connectivity index (χ1) is 6.74. The van der Waals surface area contributed by atoms with E-state index < -0.39 is 0 Å². The molecule has 0 rings (SSSR count). The maximum absolute atomic E-state index is 5.47. The second-order valence-electron chi connectivity index (χ2n) is 2.94. The predicted octanol–water partition coefficient (Wildman–Crippen LogP) is 1.44. The summed E-state index contributed by atoms with van der Waals surface area (Å²) in [5.74, 6) is 0. The lowest BCUT2D eigenvalue weighted by Crippen LogP contribution is -2.27. The second-order valence-corrected chi connectivity index (χ2v) is 2.94. The minimum atomic E-state index is -0.260. The Morgan fingerprint density at radius 1 is 0.929 bits per heavy atom. The first-order valence-corrected chi connectivity index (χ1v) is 5.08. The molecular weight excluding hydrogens is 184 g/mol. The van der Waals surface area contributed by atoms with Gasteiger partial charge >= 0.3 is 0 Å². The fourth-order valence-corrected chi connectivity index (χ4v) is 1.04. The third-order valence-corrected chi connectivity index (χ3v) is 1.62. The summed E-state index contributed by atoms with van der Waals surface area (Å²) in [5, 5.41) is 0. The molecule has 1 atom stereocenters. The van der Waals surface area contributed by atoms with Crippen molar-refractivity contribution in [2.75, 3.05) is 33.5 Å². The highest BCUT2D eigenvalue weighted by Gasteiger charge is 2.10. The van der Waals surface area contributed by atoms with Crippen LogP contribution in [0.2, 0.25) is 0 Å². The van der Waals surface area contributed by atoms with E-state index in [4.69, 9.17) is 18.9 Å². The molecule has 0 aromatic carbocycles. The van der Waals surface area contributed by atoms with Gasteiger partial charge in [0.25, 0.3) is 0 Å². The highest BCUT2D eigenvalue weighted by molar-refractivity contribution is 4.49. The van der Waals surface area contributed by atoms with Gasteiger partial charge in [0, 0.05) is 20.3 Å². The van der Waals surface area contributed by atoms with E-state index in [0.717, 1.165) is 0 Å². The van der Waals surface area contributed by atoms with E-state index in [1.165, 1.54) is 0 Å². The van der Waals surface area contributed by atoms with Crippen LogP contribution in [-0.4, -0.2) is 45.9 Å². The van der Waals surface area contributed by atoms with Crippen LogP contribution in [0.1, 0.15) is 20.8 Å². The van der Waals surface area contributed by atoms with E-state index in [1.54, 1.807) is 7.11 Å². The Morgan fingerprint density at radius 2 is 1.50 bits per heavy atom. The number of hydrogen-bond donors (Lipinski definition) is 0. The Labute approximate surface area is 86.5 Å². The largest absolute Gasteiger partial charge is 0.382 e. The molecule has 0 heterocycles. The maximum Gasteiger partial charge on any atom is 0.180 e. The van der Waals surface area contributed by atoms with Crippen LogP contribution in [0, 0.1) is 0 Å². The van der Waals surface area contributed by atoms with Gasteiger partial charge < -0.3 is 18.9 Å². The van der Waals surface area contributed by atoms with E-state index in [1.807, 2.05) is 20.8 Å². The van der Waals surface area contributed by atoms with Crippen molar-refractivity contribution in [1.82, 2.24) is 0 Å². The zero-order valence-electron chi connectivity index (χ0n) is 9.62. The van der Waals surface area contributed by atoms with Crippen LogP contribution in [0.25, 0.3) is 0 Å². The average Bonchev–Trinajstić information content (AvgIpc) is 2.15. The van der Waals surface area contributed by atoms with Crippen molar-refractivity contribution < 1.29 is 18.9 Å². The highest BCUT2D eigenvalue weighted by atomic mass is 16.7. The first kappa shape index (κ1) is 13.8. The molecule has 0 saturated heterocycles. The number of ether oxygens (including phenoxy) is 4. The van der Waals surface area contributed by atoms with Gasteiger partial charge in [0.1, 0.15) is 0 Å². The van der Waals surface area contributed by atoms with Gasteiger partial charge in [0.05, 0.1) is 19.3 Å². The van der Waals surface area contributed by atoms with Gasteiger partial charge in [0.2, 0.25) is 0 Å². The number of hydrogen-bond acceptors (Lipinski definition) is 4. The van der Waals surface area contributed by atoms with E-state index in [2.05, 4.69) is 0 Å². The molecule has 0 spiro atoms. The quantitative estimate of drug-likeness (QED) is 0.535. The molecule has 0 bridgehead atoms. The molecule has 0 amide bonds. The molecular formula is C10H22O4. The fourth-order valence-electron chi connectivity index (χ4n) is 1.04. The predicted molar refractivity (Wildman–Crippen MR) is 54.3 cm³/mol. The zero-order chi connectivity index (χ0) is 10.8. The fraction of sp³-hybridized carbons (Fsp3) is 1.00. The Hall–Kier alpha value is -0.160. The Morgan fingerprint density at radius 3 is 1.93 bits per heavy atom. The summed E-state index contributed by atoms with van der Waals surface area (Å²) in [6.45, 7) is 8.13. The van der Waals surface area contributed by atoms with Gasteiger partial charge in [-0.1, -0.05) is 0 Å². The third kappa shape index (κ3) is 7.26. The molecule has 0 aliphatic heterocycles. The van der Waals surface area contributed by atoms with Crippen LogP contribution in [0.3, 0.4) is 0 Å². The van der Waals surface area contributed by atoms with Crippen LogP contribution in [0.15, 0.2) is 0 Å². The molecule has 4 heteroatoms. The molecule has 0 aliphatic carbocycles. The average molecular weight is 206 g/mol. The molecule has 0 aromatic heterocycles. The van der Waals surface area contributed by atoms with Crippen molar-refractivity contribution >= 4 is 0 Å². The van der Waals surface area contributed by atoms with Gasteiger partial charge in [-0.15, -0.1) is 0 Å². The van der Waals surface area contributed by atoms with Crippen molar-refractivity contribution in [3.63, 3.8) is 0 Å². The standard InChI is InChI=1S/C10H22O4/c1-5-12-10(13-6-2)8-14-9(3)7-11-4/h9-10H,5-8H2,1-4H3. The van der Waals surface area contributed by atoms with Crippen molar-refractivity contribution in [2.24, 2.45) is 0 Å². The molecule has 4 nitrogen and oxygen atoms in total. The minimum Gasteiger partial charge on any atom is -0.382 e. The summed E-state index contributed by atoms with van der Waals surface area (Å²) in [5.41, 5.74) is 0. The summed E-state index contributed by atoms with van der Waals surface area (Å²) in [4.78, 5) is 0. The Kier molecular flexibility index (Phi) is 9.29. The summed E-state index contributed by atoms with van der Waals surface area (Å²) < 4.78 is 21.1.